The van der Waals surface area contributed by atoms with Gasteiger partial charge in [0.15, 0.2) is 5.82 Å². The van der Waals surface area contributed by atoms with Crippen molar-refractivity contribution in [3.05, 3.63) is 46.7 Å². The van der Waals surface area contributed by atoms with E-state index >= 15 is 0 Å². The smallest absolute Gasteiger partial charge is 0.253 e. The van der Waals surface area contributed by atoms with Crippen molar-refractivity contribution in [2.75, 3.05) is 7.11 Å². The molecule has 9 heteroatoms. The predicted octanol–water partition coefficient (Wildman–Crippen LogP) is 2.43. The number of nitrogens with zero attached hydrogens (tertiary/aromatic N) is 3. The number of carbonyl (C=O) groups is 1. The Bertz CT molecular complexity index is 866. The van der Waals surface area contributed by atoms with Crippen LogP contribution in [0.3, 0.4) is 0 Å². The highest BCUT2D eigenvalue weighted by molar-refractivity contribution is 5.93. The standard InChI is InChI=1S/C17H16F2N4O3/c1-9-15(25-3)11(4-13(6-20)23-9)7-21-16(24)12-5-14(19)17(22-8-12)26-10(2)18/h4-5,8,10H,7H2,1-3H3,(H,21,24). The number of aryl methyl sites for hydroxylation is 1. The van der Waals surface area contributed by atoms with Crippen LogP contribution in [0.4, 0.5) is 8.78 Å². The van der Waals surface area contributed by atoms with Crippen molar-refractivity contribution in [3.63, 3.8) is 0 Å². The summed E-state index contributed by atoms with van der Waals surface area (Å²) in [4.78, 5) is 19.8. The summed E-state index contributed by atoms with van der Waals surface area (Å²) in [6, 6.07) is 4.31. The number of carbonyl (C=O) groups excluding carboxylic acids is 1. The molecule has 0 aliphatic rings. The van der Waals surface area contributed by atoms with Gasteiger partial charge in [-0.05, 0) is 19.1 Å². The van der Waals surface area contributed by atoms with Gasteiger partial charge in [0.2, 0.25) is 6.36 Å². The van der Waals surface area contributed by atoms with Gasteiger partial charge in [0.25, 0.3) is 11.8 Å². The number of hydrogen-bond donors (Lipinski definition) is 1. The van der Waals surface area contributed by atoms with Crippen LogP contribution in [0.5, 0.6) is 11.6 Å². The predicted molar refractivity (Wildman–Crippen MR) is 86.8 cm³/mol. The third-order valence-electron chi connectivity index (χ3n) is 3.32. The largest absolute Gasteiger partial charge is 0.494 e. The summed E-state index contributed by atoms with van der Waals surface area (Å²) in [6.07, 6.45) is -0.653. The Morgan fingerprint density at radius 1 is 1.46 bits per heavy atom. The summed E-state index contributed by atoms with van der Waals surface area (Å²) in [5.74, 6) is -1.64. The molecule has 0 saturated carbocycles. The summed E-state index contributed by atoms with van der Waals surface area (Å²) in [5, 5.41) is 11.6. The number of rotatable bonds is 6. The molecule has 26 heavy (non-hydrogen) atoms. The summed E-state index contributed by atoms with van der Waals surface area (Å²) in [6.45, 7) is 2.79. The van der Waals surface area contributed by atoms with Gasteiger partial charge in [0.1, 0.15) is 17.5 Å². The third-order valence-corrected chi connectivity index (χ3v) is 3.32. The number of amides is 1. The molecule has 1 atom stereocenters. The van der Waals surface area contributed by atoms with Crippen molar-refractivity contribution in [2.24, 2.45) is 0 Å². The first-order valence-electron chi connectivity index (χ1n) is 7.54. The highest BCUT2D eigenvalue weighted by Crippen LogP contribution is 2.23. The first-order chi connectivity index (χ1) is 12.3. The highest BCUT2D eigenvalue weighted by Gasteiger charge is 2.15. The zero-order valence-corrected chi connectivity index (χ0v) is 14.3. The van der Waals surface area contributed by atoms with Crippen molar-refractivity contribution in [2.45, 2.75) is 26.7 Å². The molecule has 1 N–H and O–H groups in total. The Kier molecular flexibility index (Phi) is 6.01. The lowest BCUT2D eigenvalue weighted by Gasteiger charge is -2.12. The van der Waals surface area contributed by atoms with Crippen LogP contribution in [0.25, 0.3) is 0 Å². The lowest BCUT2D eigenvalue weighted by molar-refractivity contribution is 0.0759. The van der Waals surface area contributed by atoms with E-state index in [0.29, 0.717) is 17.0 Å². The molecule has 0 aromatic carbocycles. The van der Waals surface area contributed by atoms with E-state index in [1.807, 2.05) is 6.07 Å². The van der Waals surface area contributed by atoms with Gasteiger partial charge in [-0.25, -0.2) is 18.7 Å². The second-order valence-corrected chi connectivity index (χ2v) is 5.25. The first-order valence-corrected chi connectivity index (χ1v) is 7.54. The molecule has 2 aromatic heterocycles. The Morgan fingerprint density at radius 3 is 2.77 bits per heavy atom. The monoisotopic (exact) mass is 362 g/mol. The molecule has 7 nitrogen and oxygen atoms in total. The van der Waals surface area contributed by atoms with Crippen molar-refractivity contribution >= 4 is 5.91 Å². The molecule has 1 unspecified atom stereocenters. The van der Waals surface area contributed by atoms with E-state index in [1.165, 1.54) is 13.2 Å². The van der Waals surface area contributed by atoms with Gasteiger partial charge >= 0.3 is 0 Å². The summed E-state index contributed by atoms with van der Waals surface area (Å²) < 4.78 is 36.3. The maximum absolute atomic E-state index is 13.8. The van der Waals surface area contributed by atoms with Crippen molar-refractivity contribution in [1.82, 2.24) is 15.3 Å². The van der Waals surface area contributed by atoms with Crippen LogP contribution in [0.2, 0.25) is 0 Å². The number of nitrogens with one attached hydrogen (secondary N) is 1. The second-order valence-electron chi connectivity index (χ2n) is 5.25. The maximum Gasteiger partial charge on any atom is 0.253 e. The fraction of sp³-hybridized carbons (Fsp3) is 0.294. The van der Waals surface area contributed by atoms with E-state index in [-0.39, 0.29) is 17.8 Å². The molecule has 0 saturated heterocycles. The van der Waals surface area contributed by atoms with Crippen LogP contribution >= 0.6 is 0 Å². The molecule has 0 aliphatic carbocycles. The Hall–Kier alpha value is -3.28. The van der Waals surface area contributed by atoms with Crippen LogP contribution in [0, 0.1) is 24.1 Å². The van der Waals surface area contributed by atoms with Crippen LogP contribution in [0.1, 0.15) is 34.2 Å². The Morgan fingerprint density at radius 2 is 2.19 bits per heavy atom. The molecule has 0 bridgehead atoms. The summed E-state index contributed by atoms with van der Waals surface area (Å²) in [7, 11) is 1.45. The quantitative estimate of drug-likeness (QED) is 0.848. The SMILES string of the molecule is COc1c(CNC(=O)c2cnc(OC(C)F)c(F)c2)cc(C#N)nc1C. The van der Waals surface area contributed by atoms with E-state index in [4.69, 9.17) is 10.00 Å². The fourth-order valence-electron chi connectivity index (χ4n) is 2.26. The van der Waals surface area contributed by atoms with Gasteiger partial charge in [-0.2, -0.15) is 5.26 Å². The molecule has 0 aliphatic heterocycles. The number of ether oxygens (including phenoxy) is 2. The zero-order valence-electron chi connectivity index (χ0n) is 14.3. The highest BCUT2D eigenvalue weighted by atomic mass is 19.1. The molecule has 1 amide bonds. The minimum atomic E-state index is -1.73. The number of hydrogen-bond acceptors (Lipinski definition) is 6. The molecule has 2 heterocycles. The number of nitriles is 1. The second kappa shape index (κ2) is 8.20. The van der Waals surface area contributed by atoms with Crippen molar-refractivity contribution in [1.29, 1.82) is 5.26 Å². The minimum Gasteiger partial charge on any atom is -0.494 e. The van der Waals surface area contributed by atoms with Gasteiger partial charge in [0, 0.05) is 25.2 Å². The number of pyridine rings is 2. The van der Waals surface area contributed by atoms with E-state index in [1.54, 1.807) is 6.92 Å². The Labute approximate surface area is 148 Å². The van der Waals surface area contributed by atoms with Crippen molar-refractivity contribution < 1.29 is 23.0 Å². The van der Waals surface area contributed by atoms with Crippen LogP contribution < -0.4 is 14.8 Å². The van der Waals surface area contributed by atoms with E-state index in [2.05, 4.69) is 20.0 Å². The summed E-state index contributed by atoms with van der Waals surface area (Å²) >= 11 is 0. The average molecular weight is 362 g/mol. The zero-order chi connectivity index (χ0) is 19.3. The van der Waals surface area contributed by atoms with Gasteiger partial charge in [-0.3, -0.25) is 4.79 Å². The lowest BCUT2D eigenvalue weighted by Crippen LogP contribution is -2.24. The molecule has 2 aromatic rings. The van der Waals surface area contributed by atoms with Gasteiger partial charge < -0.3 is 14.8 Å². The number of methoxy groups -OCH3 is 1. The van der Waals surface area contributed by atoms with Gasteiger partial charge in [0.05, 0.1) is 18.4 Å². The molecule has 0 fully saturated rings. The van der Waals surface area contributed by atoms with E-state index < -0.39 is 24.0 Å². The minimum absolute atomic E-state index is 0.0292. The summed E-state index contributed by atoms with van der Waals surface area (Å²) in [5.41, 5.74) is 1.17. The molecular weight excluding hydrogens is 346 g/mol. The lowest BCUT2D eigenvalue weighted by atomic mass is 10.1. The van der Waals surface area contributed by atoms with Crippen molar-refractivity contribution in [3.8, 4) is 17.7 Å². The normalized spacial score (nSPS) is 11.4. The molecule has 0 radical (unpaired) electrons. The maximum atomic E-state index is 13.8. The Balaban J connectivity index is 2.15. The third kappa shape index (κ3) is 4.42. The molecule has 136 valence electrons. The molecule has 0 spiro atoms. The molecule has 2 rings (SSSR count). The average Bonchev–Trinajstić information content (AvgIpc) is 2.60. The number of aromatic nitrogens is 2. The van der Waals surface area contributed by atoms with Crippen LogP contribution in [-0.4, -0.2) is 29.3 Å². The fourth-order valence-corrected chi connectivity index (χ4v) is 2.26. The van der Waals surface area contributed by atoms with E-state index in [9.17, 15) is 13.6 Å². The van der Waals surface area contributed by atoms with Gasteiger partial charge in [-0.1, -0.05) is 0 Å². The number of halogens is 2. The first kappa shape index (κ1) is 19.1. The topological polar surface area (TPSA) is 97.1 Å². The van der Waals surface area contributed by atoms with Gasteiger partial charge in [-0.15, -0.1) is 0 Å². The number of alkyl halides is 1. The van der Waals surface area contributed by atoms with Crippen LogP contribution in [0.15, 0.2) is 18.3 Å². The van der Waals surface area contributed by atoms with Crippen LogP contribution in [-0.2, 0) is 6.54 Å². The van der Waals surface area contributed by atoms with E-state index in [0.717, 1.165) is 19.2 Å². The molecular formula is C17H16F2N4O3.